The Morgan fingerprint density at radius 1 is 1.12 bits per heavy atom. The fourth-order valence-electron chi connectivity index (χ4n) is 2.17. The molecule has 0 spiro atoms. The maximum atomic E-state index is 12.3. The second kappa shape index (κ2) is 6.83. The molecule has 0 fully saturated rings. The Bertz CT molecular complexity index is 759. The van der Waals surface area contributed by atoms with E-state index < -0.39 is 17.5 Å². The van der Waals surface area contributed by atoms with Crippen LogP contribution in [0.25, 0.3) is 0 Å². The molecule has 0 aliphatic carbocycles. The number of amides is 1. The highest BCUT2D eigenvalue weighted by molar-refractivity contribution is 5.95. The van der Waals surface area contributed by atoms with Crippen LogP contribution in [0.1, 0.15) is 58.4 Å². The van der Waals surface area contributed by atoms with Crippen molar-refractivity contribution in [2.75, 3.05) is 0 Å². The predicted octanol–water partition coefficient (Wildman–Crippen LogP) is 3.04. The quantitative estimate of drug-likeness (QED) is 0.876. The van der Waals surface area contributed by atoms with Crippen LogP contribution < -0.4 is 5.73 Å². The van der Waals surface area contributed by atoms with E-state index in [1.54, 1.807) is 26.8 Å². The molecule has 0 unspecified atom stereocenters. The summed E-state index contributed by atoms with van der Waals surface area (Å²) in [6.07, 6.45) is 0.497. The maximum absolute atomic E-state index is 12.3. The minimum absolute atomic E-state index is 0.0560. The summed E-state index contributed by atoms with van der Waals surface area (Å²) in [5.41, 5.74) is 7.83. The van der Waals surface area contributed by atoms with Gasteiger partial charge in [0.15, 0.2) is 0 Å². The number of primary amides is 1. The number of carbonyl (C=O) groups excluding carboxylic acids is 2. The molecular formula is C19H22N2O3. The number of esters is 1. The monoisotopic (exact) mass is 326 g/mol. The fraction of sp³-hybridized carbons (Fsp3) is 0.316. The van der Waals surface area contributed by atoms with Crippen molar-refractivity contribution in [1.29, 1.82) is 0 Å². The van der Waals surface area contributed by atoms with E-state index >= 15 is 0 Å². The Labute approximate surface area is 141 Å². The molecule has 1 aromatic heterocycles. The third-order valence-electron chi connectivity index (χ3n) is 3.27. The van der Waals surface area contributed by atoms with Crippen molar-refractivity contribution in [3.8, 4) is 0 Å². The first kappa shape index (κ1) is 17.7. The number of nitrogens with two attached hydrogens (primary N) is 1. The van der Waals surface area contributed by atoms with Crippen LogP contribution in [0.4, 0.5) is 0 Å². The molecule has 24 heavy (non-hydrogen) atoms. The number of carbonyl (C=O) groups is 2. The molecule has 1 aromatic carbocycles. The van der Waals surface area contributed by atoms with Crippen molar-refractivity contribution in [3.05, 3.63) is 64.5 Å². The van der Waals surface area contributed by atoms with Crippen molar-refractivity contribution in [2.45, 2.75) is 39.7 Å². The van der Waals surface area contributed by atoms with Crippen LogP contribution >= 0.6 is 0 Å². The van der Waals surface area contributed by atoms with Crippen LogP contribution in [0.3, 0.4) is 0 Å². The minimum atomic E-state index is -0.675. The Kier molecular flexibility index (Phi) is 5.02. The standard InChI is InChI=1S/C19H22N2O3/c1-12-5-7-13(8-6-12)9-15-10-14(11-16(21-15)17(20)22)18(23)24-19(2,3)4/h5-8,10-11H,9H2,1-4H3,(H2,20,22). The zero-order valence-electron chi connectivity index (χ0n) is 14.4. The lowest BCUT2D eigenvalue weighted by molar-refractivity contribution is 0.00692. The molecule has 2 N–H and O–H groups in total. The normalized spacial score (nSPS) is 11.2. The largest absolute Gasteiger partial charge is 0.456 e. The summed E-state index contributed by atoms with van der Waals surface area (Å²) in [7, 11) is 0. The maximum Gasteiger partial charge on any atom is 0.338 e. The van der Waals surface area contributed by atoms with Crippen LogP contribution in [-0.4, -0.2) is 22.5 Å². The Hall–Kier alpha value is -2.69. The minimum Gasteiger partial charge on any atom is -0.456 e. The van der Waals surface area contributed by atoms with E-state index in [-0.39, 0.29) is 11.3 Å². The number of ether oxygens (including phenoxy) is 1. The van der Waals surface area contributed by atoms with Gasteiger partial charge in [0.25, 0.3) is 5.91 Å². The van der Waals surface area contributed by atoms with Gasteiger partial charge in [-0.05, 0) is 45.4 Å². The molecule has 0 bridgehead atoms. The first-order valence-electron chi connectivity index (χ1n) is 7.74. The zero-order valence-corrected chi connectivity index (χ0v) is 14.4. The van der Waals surface area contributed by atoms with Crippen LogP contribution in [0.15, 0.2) is 36.4 Å². The van der Waals surface area contributed by atoms with Crippen LogP contribution in [0.5, 0.6) is 0 Å². The van der Waals surface area contributed by atoms with E-state index in [1.807, 2.05) is 31.2 Å². The summed E-state index contributed by atoms with van der Waals surface area (Å²) in [6.45, 7) is 7.37. The van der Waals surface area contributed by atoms with Crippen LogP contribution in [0.2, 0.25) is 0 Å². The first-order valence-corrected chi connectivity index (χ1v) is 7.74. The number of pyridine rings is 1. The van der Waals surface area contributed by atoms with Gasteiger partial charge in [0.1, 0.15) is 11.3 Å². The lowest BCUT2D eigenvalue weighted by Gasteiger charge is -2.19. The van der Waals surface area contributed by atoms with E-state index in [9.17, 15) is 9.59 Å². The van der Waals surface area contributed by atoms with Crippen molar-refractivity contribution < 1.29 is 14.3 Å². The smallest absolute Gasteiger partial charge is 0.338 e. The van der Waals surface area contributed by atoms with Gasteiger partial charge in [-0.15, -0.1) is 0 Å². The summed E-state index contributed by atoms with van der Waals surface area (Å²) in [5.74, 6) is -1.18. The Morgan fingerprint density at radius 3 is 2.29 bits per heavy atom. The van der Waals surface area contributed by atoms with Gasteiger partial charge >= 0.3 is 5.97 Å². The van der Waals surface area contributed by atoms with E-state index in [0.29, 0.717) is 12.1 Å². The molecule has 0 saturated heterocycles. The van der Waals surface area contributed by atoms with Gasteiger partial charge in [0.05, 0.1) is 5.56 Å². The van der Waals surface area contributed by atoms with Crippen molar-refractivity contribution in [2.24, 2.45) is 5.73 Å². The van der Waals surface area contributed by atoms with Gasteiger partial charge < -0.3 is 10.5 Å². The second-order valence-electron chi connectivity index (χ2n) is 6.76. The summed E-state index contributed by atoms with van der Waals surface area (Å²) in [6, 6.07) is 11.0. The molecule has 2 aromatic rings. The summed E-state index contributed by atoms with van der Waals surface area (Å²) < 4.78 is 5.36. The van der Waals surface area contributed by atoms with E-state index in [1.165, 1.54) is 6.07 Å². The van der Waals surface area contributed by atoms with E-state index in [2.05, 4.69) is 4.98 Å². The summed E-state index contributed by atoms with van der Waals surface area (Å²) in [4.78, 5) is 28.0. The average Bonchev–Trinajstić information content (AvgIpc) is 2.47. The Balaban J connectivity index is 2.35. The van der Waals surface area contributed by atoms with Gasteiger partial charge in [-0.25, -0.2) is 9.78 Å². The van der Waals surface area contributed by atoms with Gasteiger partial charge in [0.2, 0.25) is 0 Å². The van der Waals surface area contributed by atoms with Crippen molar-refractivity contribution >= 4 is 11.9 Å². The number of hydrogen-bond donors (Lipinski definition) is 1. The van der Waals surface area contributed by atoms with E-state index in [4.69, 9.17) is 10.5 Å². The number of rotatable bonds is 4. The predicted molar refractivity (Wildman–Crippen MR) is 91.9 cm³/mol. The Morgan fingerprint density at radius 2 is 1.75 bits per heavy atom. The number of hydrogen-bond acceptors (Lipinski definition) is 4. The molecule has 0 aliphatic rings. The lowest BCUT2D eigenvalue weighted by Crippen LogP contribution is -2.24. The zero-order chi connectivity index (χ0) is 17.9. The van der Waals surface area contributed by atoms with Gasteiger partial charge in [-0.3, -0.25) is 4.79 Å². The van der Waals surface area contributed by atoms with Crippen LogP contribution in [0, 0.1) is 6.92 Å². The molecule has 1 heterocycles. The lowest BCUT2D eigenvalue weighted by atomic mass is 10.1. The molecule has 0 atom stereocenters. The average molecular weight is 326 g/mol. The summed E-state index contributed by atoms with van der Waals surface area (Å²) >= 11 is 0. The number of aromatic nitrogens is 1. The molecule has 1 amide bonds. The molecule has 5 heteroatoms. The molecular weight excluding hydrogens is 304 g/mol. The molecule has 5 nitrogen and oxygen atoms in total. The number of nitrogens with zero attached hydrogens (tertiary/aromatic N) is 1. The van der Waals surface area contributed by atoms with Gasteiger partial charge in [-0.2, -0.15) is 0 Å². The molecule has 126 valence electrons. The van der Waals surface area contributed by atoms with Crippen molar-refractivity contribution in [3.63, 3.8) is 0 Å². The first-order chi connectivity index (χ1) is 11.1. The SMILES string of the molecule is Cc1ccc(Cc2cc(C(=O)OC(C)(C)C)cc(C(N)=O)n2)cc1. The second-order valence-corrected chi connectivity index (χ2v) is 6.76. The highest BCUT2D eigenvalue weighted by Gasteiger charge is 2.20. The molecule has 0 aliphatic heterocycles. The molecule has 2 rings (SSSR count). The molecule has 0 radical (unpaired) electrons. The topological polar surface area (TPSA) is 82.3 Å². The van der Waals surface area contributed by atoms with Gasteiger partial charge in [0, 0.05) is 12.1 Å². The highest BCUT2D eigenvalue weighted by Crippen LogP contribution is 2.16. The van der Waals surface area contributed by atoms with E-state index in [0.717, 1.165) is 11.1 Å². The number of benzene rings is 1. The van der Waals surface area contributed by atoms with Crippen molar-refractivity contribution in [1.82, 2.24) is 4.98 Å². The van der Waals surface area contributed by atoms with Gasteiger partial charge in [-0.1, -0.05) is 29.8 Å². The third-order valence-corrected chi connectivity index (χ3v) is 3.27. The third kappa shape index (κ3) is 4.91. The molecule has 0 saturated carbocycles. The summed E-state index contributed by atoms with van der Waals surface area (Å²) in [5, 5.41) is 0. The highest BCUT2D eigenvalue weighted by atomic mass is 16.6. The van der Waals surface area contributed by atoms with Crippen LogP contribution in [-0.2, 0) is 11.2 Å². The fourth-order valence-corrected chi connectivity index (χ4v) is 2.17. The number of aryl methyl sites for hydroxylation is 1.